The summed E-state index contributed by atoms with van der Waals surface area (Å²) in [5.74, 6) is 0.427. The molecule has 0 aliphatic rings. The van der Waals surface area contributed by atoms with Gasteiger partial charge in [0.1, 0.15) is 11.8 Å². The lowest BCUT2D eigenvalue weighted by Gasteiger charge is -2.10. The van der Waals surface area contributed by atoms with Crippen LogP contribution in [0.4, 0.5) is 0 Å². The van der Waals surface area contributed by atoms with Crippen LogP contribution in [-0.4, -0.2) is 30.3 Å². The van der Waals surface area contributed by atoms with Crippen molar-refractivity contribution in [2.45, 2.75) is 26.3 Å². The minimum absolute atomic E-state index is 0.396. The first kappa shape index (κ1) is 15.4. The van der Waals surface area contributed by atoms with Crippen LogP contribution in [0.1, 0.15) is 18.2 Å². The minimum Gasteiger partial charge on any atom is -0.494 e. The number of hydrogen-bond acceptors (Lipinski definition) is 4. The molecule has 2 aromatic rings. The molecule has 2 N–H and O–H groups in total. The number of methoxy groups -OCH3 is 1. The number of hydrogen-bond donors (Lipinski definition) is 1. The topological polar surface area (TPSA) is 66.5 Å². The largest absolute Gasteiger partial charge is 0.494 e. The van der Waals surface area contributed by atoms with Crippen LogP contribution in [0.15, 0.2) is 18.2 Å². The number of fused-ring (bicyclic) bond motifs is 1. The van der Waals surface area contributed by atoms with Crippen LogP contribution in [0.25, 0.3) is 10.9 Å². The van der Waals surface area contributed by atoms with Crippen LogP contribution in [0.2, 0.25) is 0 Å². The van der Waals surface area contributed by atoms with E-state index in [1.165, 1.54) is 7.11 Å². The summed E-state index contributed by atoms with van der Waals surface area (Å²) in [4.78, 5) is 11.6. The van der Waals surface area contributed by atoms with E-state index in [0.717, 1.165) is 27.9 Å². The second-order valence-electron chi connectivity index (χ2n) is 5.07. The number of carbonyl (C=O) groups is 1. The van der Waals surface area contributed by atoms with E-state index in [9.17, 15) is 4.79 Å². The van der Waals surface area contributed by atoms with E-state index in [1.54, 1.807) is 0 Å². The summed E-state index contributed by atoms with van der Waals surface area (Å²) in [6.07, 6.45) is 0.450. The van der Waals surface area contributed by atoms with E-state index in [4.69, 9.17) is 15.2 Å². The van der Waals surface area contributed by atoms with E-state index < -0.39 is 12.0 Å². The van der Waals surface area contributed by atoms with Gasteiger partial charge in [-0.3, -0.25) is 4.79 Å². The van der Waals surface area contributed by atoms with Crippen LogP contribution >= 0.6 is 0 Å². The third-order valence-electron chi connectivity index (χ3n) is 3.83. The molecule has 1 unspecified atom stereocenters. The van der Waals surface area contributed by atoms with Gasteiger partial charge in [0.15, 0.2) is 0 Å². The first-order valence-electron chi connectivity index (χ1n) is 7.03. The number of aryl methyl sites for hydroxylation is 1. The van der Waals surface area contributed by atoms with Crippen LogP contribution in [0.5, 0.6) is 5.75 Å². The van der Waals surface area contributed by atoms with Crippen LogP contribution in [0, 0.1) is 6.92 Å². The molecule has 114 valence electrons. The number of aromatic nitrogens is 1. The normalized spacial score (nSPS) is 12.4. The molecule has 0 aliphatic heterocycles. The van der Waals surface area contributed by atoms with Crippen molar-refractivity contribution < 1.29 is 14.3 Å². The second-order valence-corrected chi connectivity index (χ2v) is 5.07. The number of benzene rings is 1. The zero-order valence-electron chi connectivity index (χ0n) is 13.0. The molecular weight excluding hydrogens is 268 g/mol. The van der Waals surface area contributed by atoms with E-state index in [1.807, 2.05) is 39.1 Å². The molecule has 5 nitrogen and oxygen atoms in total. The lowest BCUT2D eigenvalue weighted by atomic mass is 10.0. The molecule has 0 amide bonds. The Kier molecular flexibility index (Phi) is 4.53. The third kappa shape index (κ3) is 2.88. The highest BCUT2D eigenvalue weighted by atomic mass is 16.5. The zero-order chi connectivity index (χ0) is 15.6. The third-order valence-corrected chi connectivity index (χ3v) is 3.83. The fourth-order valence-corrected chi connectivity index (χ4v) is 2.60. The quantitative estimate of drug-likeness (QED) is 0.854. The average Bonchev–Trinajstić information content (AvgIpc) is 2.71. The molecule has 0 saturated carbocycles. The van der Waals surface area contributed by atoms with E-state index >= 15 is 0 Å². The molecule has 0 spiro atoms. The summed E-state index contributed by atoms with van der Waals surface area (Å²) in [7, 11) is 3.36. The Balaban J connectivity index is 2.48. The van der Waals surface area contributed by atoms with Gasteiger partial charge in [-0.1, -0.05) is 0 Å². The highest BCUT2D eigenvalue weighted by molar-refractivity contribution is 5.88. The highest BCUT2D eigenvalue weighted by Crippen LogP contribution is 2.29. The summed E-state index contributed by atoms with van der Waals surface area (Å²) in [6, 6.07) is 5.33. The SMILES string of the molecule is CCOc1ccc2c(c1)c(CC(N)C(=O)OC)c(C)n2C. The van der Waals surface area contributed by atoms with E-state index in [2.05, 4.69) is 4.57 Å². The van der Waals surface area contributed by atoms with Gasteiger partial charge in [-0.15, -0.1) is 0 Å². The Labute approximate surface area is 124 Å². The van der Waals surface area contributed by atoms with Crippen molar-refractivity contribution in [3.8, 4) is 5.75 Å². The molecule has 5 heteroatoms. The van der Waals surface area contributed by atoms with Crippen molar-refractivity contribution in [1.29, 1.82) is 0 Å². The molecule has 1 aromatic carbocycles. The van der Waals surface area contributed by atoms with Gasteiger partial charge in [0, 0.05) is 30.1 Å². The molecule has 21 heavy (non-hydrogen) atoms. The lowest BCUT2D eigenvalue weighted by molar-refractivity contribution is -0.142. The Morgan fingerprint density at radius 3 is 2.76 bits per heavy atom. The van der Waals surface area contributed by atoms with Crippen molar-refractivity contribution in [2.75, 3.05) is 13.7 Å². The van der Waals surface area contributed by atoms with Gasteiger partial charge < -0.3 is 19.8 Å². The number of esters is 1. The van der Waals surface area contributed by atoms with E-state index in [0.29, 0.717) is 13.0 Å². The first-order valence-corrected chi connectivity index (χ1v) is 7.03. The summed E-state index contributed by atoms with van der Waals surface area (Å²) in [5, 5.41) is 1.07. The molecule has 0 bridgehead atoms. The summed E-state index contributed by atoms with van der Waals surface area (Å²) >= 11 is 0. The molecule has 0 saturated heterocycles. The molecule has 0 fully saturated rings. The molecular formula is C16H22N2O3. The number of carbonyl (C=O) groups excluding carboxylic acids is 1. The van der Waals surface area contributed by atoms with Crippen molar-refractivity contribution in [1.82, 2.24) is 4.57 Å². The standard InChI is InChI=1S/C16H22N2O3/c1-5-21-11-6-7-15-13(8-11)12(10(2)18(15)3)9-14(17)16(19)20-4/h6-8,14H,5,9,17H2,1-4H3. The van der Waals surface area contributed by atoms with Gasteiger partial charge in [-0.25, -0.2) is 0 Å². The first-order chi connectivity index (χ1) is 9.99. The molecule has 0 aliphatic carbocycles. The summed E-state index contributed by atoms with van der Waals surface area (Å²) in [6.45, 7) is 4.60. The smallest absolute Gasteiger partial charge is 0.322 e. The fraction of sp³-hybridized carbons (Fsp3) is 0.438. The number of nitrogens with zero attached hydrogens (tertiary/aromatic N) is 1. The highest BCUT2D eigenvalue weighted by Gasteiger charge is 2.20. The molecule has 1 aromatic heterocycles. The van der Waals surface area contributed by atoms with Crippen molar-refractivity contribution >= 4 is 16.9 Å². The van der Waals surface area contributed by atoms with Gasteiger partial charge >= 0.3 is 5.97 Å². The Morgan fingerprint density at radius 1 is 1.43 bits per heavy atom. The predicted octanol–water partition coefficient (Wildman–Crippen LogP) is 1.93. The number of nitrogens with two attached hydrogens (primary N) is 1. The van der Waals surface area contributed by atoms with E-state index in [-0.39, 0.29) is 0 Å². The maximum atomic E-state index is 11.6. The number of rotatable bonds is 5. The summed E-state index contributed by atoms with van der Waals surface area (Å²) in [5.41, 5.74) is 9.17. The van der Waals surface area contributed by atoms with Gasteiger partial charge in [-0.05, 0) is 37.6 Å². The minimum atomic E-state index is -0.657. The second kappa shape index (κ2) is 6.18. The summed E-state index contributed by atoms with van der Waals surface area (Å²) < 4.78 is 12.4. The Bertz CT molecular complexity index is 661. The molecule has 1 heterocycles. The Hall–Kier alpha value is -2.01. The molecule has 2 rings (SSSR count). The lowest BCUT2D eigenvalue weighted by Crippen LogP contribution is -2.33. The van der Waals surface area contributed by atoms with Gasteiger partial charge in [0.05, 0.1) is 13.7 Å². The zero-order valence-corrected chi connectivity index (χ0v) is 13.0. The van der Waals surface area contributed by atoms with Gasteiger partial charge in [0.25, 0.3) is 0 Å². The molecule has 0 radical (unpaired) electrons. The number of ether oxygens (including phenoxy) is 2. The Morgan fingerprint density at radius 2 is 2.14 bits per heavy atom. The van der Waals surface area contributed by atoms with Crippen molar-refractivity contribution in [3.05, 3.63) is 29.5 Å². The average molecular weight is 290 g/mol. The van der Waals surface area contributed by atoms with Gasteiger partial charge in [0.2, 0.25) is 0 Å². The maximum Gasteiger partial charge on any atom is 0.322 e. The molecule has 1 atom stereocenters. The monoisotopic (exact) mass is 290 g/mol. The fourth-order valence-electron chi connectivity index (χ4n) is 2.60. The van der Waals surface area contributed by atoms with Crippen LogP contribution in [-0.2, 0) is 23.0 Å². The maximum absolute atomic E-state index is 11.6. The van der Waals surface area contributed by atoms with Crippen LogP contribution in [0.3, 0.4) is 0 Å². The van der Waals surface area contributed by atoms with Crippen molar-refractivity contribution in [3.63, 3.8) is 0 Å². The van der Waals surface area contributed by atoms with Gasteiger partial charge in [-0.2, -0.15) is 0 Å². The van der Waals surface area contributed by atoms with Crippen LogP contribution < -0.4 is 10.5 Å². The van der Waals surface area contributed by atoms with Crippen molar-refractivity contribution in [2.24, 2.45) is 12.8 Å². The predicted molar refractivity (Wildman–Crippen MR) is 82.5 cm³/mol.